The maximum atomic E-state index is 6.94. The predicted octanol–water partition coefficient (Wildman–Crippen LogP) is 13.3. The van der Waals surface area contributed by atoms with E-state index in [1.165, 1.54) is 81.3 Å². The van der Waals surface area contributed by atoms with Crippen molar-refractivity contribution in [3.05, 3.63) is 158 Å². The average Bonchev–Trinajstić information content (AvgIpc) is 3.50. The molecule has 47 heavy (non-hydrogen) atoms. The second-order valence-corrected chi connectivity index (χ2v) is 12.9. The van der Waals surface area contributed by atoms with Gasteiger partial charge in [-0.1, -0.05) is 133 Å². The number of fused-ring (bicyclic) bond motifs is 7. The third-order valence-corrected chi connectivity index (χ3v) is 10.4. The Morgan fingerprint density at radius 1 is 0.298 bits per heavy atom. The Morgan fingerprint density at radius 2 is 0.894 bits per heavy atom. The van der Waals surface area contributed by atoms with E-state index < -0.39 is 0 Å². The van der Waals surface area contributed by atoms with Crippen LogP contribution in [0, 0.1) is 0 Å². The van der Waals surface area contributed by atoms with Crippen LogP contribution in [-0.4, -0.2) is 0 Å². The summed E-state index contributed by atoms with van der Waals surface area (Å²) in [7, 11) is 0. The fourth-order valence-electron chi connectivity index (χ4n) is 8.17. The van der Waals surface area contributed by atoms with Crippen molar-refractivity contribution in [2.45, 2.75) is 0 Å². The molecule has 1 aromatic heterocycles. The van der Waals surface area contributed by atoms with Gasteiger partial charge < -0.3 is 4.42 Å². The fraction of sp³-hybridized carbons (Fsp3) is 0. The van der Waals surface area contributed by atoms with Gasteiger partial charge in [0.25, 0.3) is 0 Å². The molecule has 0 saturated carbocycles. The van der Waals surface area contributed by atoms with Gasteiger partial charge >= 0.3 is 0 Å². The van der Waals surface area contributed by atoms with E-state index >= 15 is 0 Å². The lowest BCUT2D eigenvalue weighted by Crippen LogP contribution is -1.89. The van der Waals surface area contributed by atoms with Crippen LogP contribution in [0.25, 0.3) is 109 Å². The summed E-state index contributed by atoms with van der Waals surface area (Å²) < 4.78 is 6.94. The number of hydrogen-bond acceptors (Lipinski definition) is 1. The molecule has 0 amide bonds. The van der Waals surface area contributed by atoms with Crippen LogP contribution in [0.5, 0.6) is 0 Å². The van der Waals surface area contributed by atoms with Crippen molar-refractivity contribution < 1.29 is 4.42 Å². The molecule has 1 heteroatoms. The van der Waals surface area contributed by atoms with Crippen molar-refractivity contribution >= 4 is 86.6 Å². The molecule has 216 valence electrons. The van der Waals surface area contributed by atoms with Crippen LogP contribution < -0.4 is 0 Å². The molecule has 11 rings (SSSR count). The van der Waals surface area contributed by atoms with E-state index in [0.29, 0.717) is 0 Å². The van der Waals surface area contributed by atoms with Crippen LogP contribution in [-0.2, 0) is 0 Å². The molecule has 0 radical (unpaired) electrons. The van der Waals surface area contributed by atoms with Crippen LogP contribution >= 0.6 is 0 Å². The Balaban J connectivity index is 1.24. The molecule has 11 aromatic rings. The predicted molar refractivity (Wildman–Crippen MR) is 201 cm³/mol. The average molecular weight is 595 g/mol. The minimum absolute atomic E-state index is 0.914. The standard InChI is InChI=1S/C46H26O/c1-2-8-32-26-42-41(25-31(32)7-1)45-37(34-18-19-36-33(24-34)15-12-27-6-3-4-11-35(27)36)22-23-40(46(45)47-42)38-20-16-30-14-13-28-9-5-10-29-17-21-39(38)44(30)43(28)29/h1-26H. The summed E-state index contributed by atoms with van der Waals surface area (Å²) in [5.41, 5.74) is 6.54. The van der Waals surface area contributed by atoms with Gasteiger partial charge in [0.05, 0.1) is 0 Å². The normalized spacial score (nSPS) is 12.3. The molecule has 0 aliphatic heterocycles. The first-order valence-corrected chi connectivity index (χ1v) is 16.3. The molecular weight excluding hydrogens is 569 g/mol. The summed E-state index contributed by atoms with van der Waals surface area (Å²) in [6, 6.07) is 57.9. The molecule has 0 bridgehead atoms. The Labute approximate surface area is 270 Å². The van der Waals surface area contributed by atoms with Crippen molar-refractivity contribution in [2.75, 3.05) is 0 Å². The van der Waals surface area contributed by atoms with Crippen LogP contribution in [0.2, 0.25) is 0 Å². The molecule has 1 nitrogen and oxygen atoms in total. The van der Waals surface area contributed by atoms with Gasteiger partial charge in [-0.25, -0.2) is 0 Å². The molecule has 0 atom stereocenters. The zero-order valence-electron chi connectivity index (χ0n) is 25.4. The topological polar surface area (TPSA) is 13.1 Å². The molecule has 0 unspecified atom stereocenters. The van der Waals surface area contributed by atoms with Crippen molar-refractivity contribution in [1.82, 2.24) is 0 Å². The molecular formula is C46H26O. The second-order valence-electron chi connectivity index (χ2n) is 12.9. The lowest BCUT2D eigenvalue weighted by molar-refractivity contribution is 0.670. The van der Waals surface area contributed by atoms with E-state index in [2.05, 4.69) is 158 Å². The Hall–Kier alpha value is -6.18. The van der Waals surface area contributed by atoms with E-state index in [9.17, 15) is 0 Å². The summed E-state index contributed by atoms with van der Waals surface area (Å²) in [6.07, 6.45) is 0. The van der Waals surface area contributed by atoms with Gasteiger partial charge in [-0.05, 0) is 106 Å². The van der Waals surface area contributed by atoms with E-state index in [1.807, 2.05) is 0 Å². The first kappa shape index (κ1) is 25.1. The Bertz CT molecular complexity index is 3050. The summed E-state index contributed by atoms with van der Waals surface area (Å²) in [5, 5.41) is 17.5. The molecule has 0 aliphatic rings. The Morgan fingerprint density at radius 3 is 1.77 bits per heavy atom. The minimum Gasteiger partial charge on any atom is -0.455 e. The number of furan rings is 1. The third kappa shape index (κ3) is 3.49. The molecule has 0 N–H and O–H groups in total. The van der Waals surface area contributed by atoms with Gasteiger partial charge in [0.2, 0.25) is 0 Å². The highest BCUT2D eigenvalue weighted by atomic mass is 16.3. The highest BCUT2D eigenvalue weighted by Crippen LogP contribution is 2.46. The van der Waals surface area contributed by atoms with Crippen molar-refractivity contribution in [3.63, 3.8) is 0 Å². The summed E-state index contributed by atoms with van der Waals surface area (Å²) in [6.45, 7) is 0. The molecule has 0 aliphatic carbocycles. The first-order valence-electron chi connectivity index (χ1n) is 16.3. The smallest absolute Gasteiger partial charge is 0.143 e. The highest BCUT2D eigenvalue weighted by molar-refractivity contribution is 6.27. The van der Waals surface area contributed by atoms with Gasteiger partial charge in [-0.15, -0.1) is 0 Å². The van der Waals surface area contributed by atoms with Gasteiger partial charge in [-0.3, -0.25) is 0 Å². The summed E-state index contributed by atoms with van der Waals surface area (Å²) >= 11 is 0. The van der Waals surface area contributed by atoms with Crippen LogP contribution in [0.1, 0.15) is 0 Å². The largest absolute Gasteiger partial charge is 0.455 e. The van der Waals surface area contributed by atoms with E-state index in [-0.39, 0.29) is 0 Å². The van der Waals surface area contributed by atoms with Gasteiger partial charge in [0, 0.05) is 16.3 Å². The first-order chi connectivity index (χ1) is 23.3. The molecule has 0 saturated heterocycles. The number of hydrogen-bond donors (Lipinski definition) is 0. The zero-order valence-corrected chi connectivity index (χ0v) is 25.4. The maximum Gasteiger partial charge on any atom is 0.143 e. The summed E-state index contributed by atoms with van der Waals surface area (Å²) in [4.78, 5) is 0. The quantitative estimate of drug-likeness (QED) is 0.182. The second kappa shape index (κ2) is 9.19. The van der Waals surface area contributed by atoms with E-state index in [0.717, 1.165) is 27.5 Å². The lowest BCUT2D eigenvalue weighted by Gasteiger charge is -2.15. The maximum absolute atomic E-state index is 6.94. The van der Waals surface area contributed by atoms with Crippen LogP contribution in [0.4, 0.5) is 0 Å². The van der Waals surface area contributed by atoms with Gasteiger partial charge in [-0.2, -0.15) is 0 Å². The third-order valence-electron chi connectivity index (χ3n) is 10.4. The zero-order chi connectivity index (χ0) is 30.6. The fourth-order valence-corrected chi connectivity index (χ4v) is 8.17. The lowest BCUT2D eigenvalue weighted by atomic mass is 9.88. The number of benzene rings is 10. The molecule has 10 aromatic carbocycles. The van der Waals surface area contributed by atoms with Crippen molar-refractivity contribution in [1.29, 1.82) is 0 Å². The number of rotatable bonds is 2. The van der Waals surface area contributed by atoms with Gasteiger partial charge in [0.15, 0.2) is 0 Å². The highest BCUT2D eigenvalue weighted by Gasteiger charge is 2.20. The van der Waals surface area contributed by atoms with E-state index in [1.54, 1.807) is 0 Å². The van der Waals surface area contributed by atoms with Crippen molar-refractivity contribution in [2.24, 2.45) is 0 Å². The van der Waals surface area contributed by atoms with Crippen molar-refractivity contribution in [3.8, 4) is 22.3 Å². The van der Waals surface area contributed by atoms with Crippen LogP contribution in [0.3, 0.4) is 0 Å². The SMILES string of the molecule is c1ccc2cc3c(cc2c1)oc1c(-c2ccc4ccc5cccc6ccc2c4c56)ccc(-c2ccc4c(ccc5ccccc54)c2)c13. The molecule has 1 heterocycles. The van der Waals surface area contributed by atoms with E-state index in [4.69, 9.17) is 4.42 Å². The minimum atomic E-state index is 0.914. The monoisotopic (exact) mass is 594 g/mol. The Kier molecular flexibility index (Phi) is 4.90. The molecule has 0 fully saturated rings. The van der Waals surface area contributed by atoms with Gasteiger partial charge in [0.1, 0.15) is 11.2 Å². The molecule has 0 spiro atoms. The van der Waals surface area contributed by atoms with Crippen LogP contribution in [0.15, 0.2) is 162 Å². The summed E-state index contributed by atoms with van der Waals surface area (Å²) in [5.74, 6) is 0.